The van der Waals surface area contributed by atoms with Crippen LogP contribution in [-0.2, 0) is 10.2 Å². The summed E-state index contributed by atoms with van der Waals surface area (Å²) in [7, 11) is 0. The van der Waals surface area contributed by atoms with Crippen molar-refractivity contribution < 1.29 is 9.15 Å². The number of thioether (sulfide) groups is 2. The van der Waals surface area contributed by atoms with Crippen LogP contribution < -0.4 is 0 Å². The van der Waals surface area contributed by atoms with Crippen molar-refractivity contribution in [2.24, 2.45) is 4.99 Å². The molecule has 0 amide bonds. The Morgan fingerprint density at radius 1 is 1.36 bits per heavy atom. The Balaban J connectivity index is 1.46. The minimum absolute atomic E-state index is 0.0144. The van der Waals surface area contributed by atoms with Crippen LogP contribution in [0.2, 0.25) is 0 Å². The second-order valence-electron chi connectivity index (χ2n) is 6.51. The minimum Gasteiger partial charge on any atom is -0.436 e. The van der Waals surface area contributed by atoms with Gasteiger partial charge in [-0.1, -0.05) is 44.3 Å². The molecule has 2 aliphatic rings. The molecule has 2 aliphatic heterocycles. The lowest BCUT2D eigenvalue weighted by Crippen LogP contribution is -2.39. The summed E-state index contributed by atoms with van der Waals surface area (Å²) in [5.41, 5.74) is 0.0144. The molecule has 1 saturated heterocycles. The van der Waals surface area contributed by atoms with E-state index in [1.807, 2.05) is 18.0 Å². The zero-order valence-corrected chi connectivity index (χ0v) is 15.0. The number of amidine groups is 1. The van der Waals surface area contributed by atoms with Gasteiger partial charge < -0.3 is 14.1 Å². The molecular weight excluding hydrogens is 318 g/mol. The molecule has 1 aromatic rings. The Kier molecular flexibility index (Phi) is 5.04. The van der Waals surface area contributed by atoms with Crippen LogP contribution in [0.5, 0.6) is 0 Å². The third kappa shape index (κ3) is 4.00. The van der Waals surface area contributed by atoms with E-state index < -0.39 is 0 Å². The van der Waals surface area contributed by atoms with Crippen molar-refractivity contribution in [3.05, 3.63) is 12.0 Å². The second kappa shape index (κ2) is 6.84. The quantitative estimate of drug-likeness (QED) is 0.788. The lowest BCUT2D eigenvalue weighted by molar-refractivity contribution is 0.0693. The monoisotopic (exact) mass is 341 g/mol. The number of morpholine rings is 1. The van der Waals surface area contributed by atoms with Crippen LogP contribution in [0.1, 0.15) is 26.5 Å². The maximum Gasteiger partial charge on any atom is 0.255 e. The fourth-order valence-corrected chi connectivity index (χ4v) is 4.37. The van der Waals surface area contributed by atoms with E-state index in [9.17, 15) is 0 Å². The normalized spacial score (nSPS) is 23.0. The Morgan fingerprint density at radius 2 is 2.14 bits per heavy atom. The molecule has 5 nitrogen and oxygen atoms in total. The maximum absolute atomic E-state index is 5.83. The summed E-state index contributed by atoms with van der Waals surface area (Å²) in [6, 6.07) is 0. The van der Waals surface area contributed by atoms with E-state index in [4.69, 9.17) is 9.15 Å². The smallest absolute Gasteiger partial charge is 0.255 e. The van der Waals surface area contributed by atoms with Gasteiger partial charge >= 0.3 is 0 Å². The Hall–Kier alpha value is -0.660. The van der Waals surface area contributed by atoms with Gasteiger partial charge in [0, 0.05) is 29.5 Å². The average Bonchev–Trinajstić information content (AvgIpc) is 3.15. The molecule has 0 radical (unpaired) electrons. The predicted molar refractivity (Wildman–Crippen MR) is 92.0 cm³/mol. The van der Waals surface area contributed by atoms with Crippen molar-refractivity contribution in [1.82, 2.24) is 9.88 Å². The molecule has 22 heavy (non-hydrogen) atoms. The molecule has 0 aromatic carbocycles. The summed E-state index contributed by atoms with van der Waals surface area (Å²) >= 11 is 3.57. The Bertz CT molecular complexity index is 533. The van der Waals surface area contributed by atoms with E-state index in [0.717, 1.165) is 49.6 Å². The number of oxazole rings is 1. The molecule has 0 unspecified atom stereocenters. The van der Waals surface area contributed by atoms with Crippen LogP contribution in [0.4, 0.5) is 0 Å². The summed E-state index contributed by atoms with van der Waals surface area (Å²) < 4.78 is 11.2. The first-order valence-corrected chi connectivity index (χ1v) is 9.52. The summed E-state index contributed by atoms with van der Waals surface area (Å²) in [5.74, 6) is 1.92. The van der Waals surface area contributed by atoms with Crippen LogP contribution in [0.3, 0.4) is 0 Å². The lowest BCUT2D eigenvalue weighted by Gasteiger charge is -2.28. The van der Waals surface area contributed by atoms with Gasteiger partial charge in [0.25, 0.3) is 5.22 Å². The maximum atomic E-state index is 5.83. The molecule has 0 saturated carbocycles. The summed E-state index contributed by atoms with van der Waals surface area (Å²) in [4.78, 5) is 11.4. The van der Waals surface area contributed by atoms with Crippen LogP contribution >= 0.6 is 23.5 Å². The molecule has 0 N–H and O–H groups in total. The lowest BCUT2D eigenvalue weighted by atomic mass is 9.94. The van der Waals surface area contributed by atoms with Gasteiger partial charge in [-0.3, -0.25) is 4.99 Å². The van der Waals surface area contributed by atoms with Gasteiger partial charge in [-0.05, 0) is 0 Å². The van der Waals surface area contributed by atoms with Crippen LogP contribution in [0.15, 0.2) is 20.8 Å². The predicted octanol–water partition coefficient (Wildman–Crippen LogP) is 2.87. The molecule has 7 heteroatoms. The van der Waals surface area contributed by atoms with Gasteiger partial charge in [0.1, 0.15) is 5.76 Å². The first kappa shape index (κ1) is 16.2. The van der Waals surface area contributed by atoms with E-state index in [2.05, 4.69) is 35.6 Å². The largest absolute Gasteiger partial charge is 0.436 e. The van der Waals surface area contributed by atoms with Gasteiger partial charge in [-0.2, -0.15) is 0 Å². The SMILES string of the molecule is CC(C)(C)c1cnc(SC[C@H]2CN=C(N3CCOCC3)S2)o1. The van der Waals surface area contributed by atoms with Gasteiger partial charge in [-0.25, -0.2) is 4.98 Å². The van der Waals surface area contributed by atoms with Crippen molar-refractivity contribution in [3.63, 3.8) is 0 Å². The molecule has 3 heterocycles. The topological polar surface area (TPSA) is 50.9 Å². The molecule has 3 rings (SSSR count). The third-order valence-corrected chi connectivity index (χ3v) is 6.06. The van der Waals surface area contributed by atoms with E-state index in [1.54, 1.807) is 11.8 Å². The van der Waals surface area contributed by atoms with E-state index >= 15 is 0 Å². The number of hydrogen-bond donors (Lipinski definition) is 0. The molecule has 0 bridgehead atoms. The number of nitrogens with zero attached hydrogens (tertiary/aromatic N) is 3. The Labute approximate surface area is 140 Å². The third-order valence-electron chi connectivity index (χ3n) is 3.60. The van der Waals surface area contributed by atoms with Crippen LogP contribution in [-0.4, -0.2) is 58.9 Å². The van der Waals surface area contributed by atoms with Crippen molar-refractivity contribution in [1.29, 1.82) is 0 Å². The van der Waals surface area contributed by atoms with Crippen molar-refractivity contribution in [3.8, 4) is 0 Å². The van der Waals surface area contributed by atoms with Gasteiger partial charge in [0.15, 0.2) is 5.17 Å². The minimum atomic E-state index is 0.0144. The number of hydrogen-bond acceptors (Lipinski definition) is 7. The van der Waals surface area contributed by atoms with E-state index in [-0.39, 0.29) is 5.41 Å². The van der Waals surface area contributed by atoms with Crippen molar-refractivity contribution in [2.45, 2.75) is 36.7 Å². The highest BCUT2D eigenvalue weighted by Gasteiger charge is 2.26. The molecule has 1 aromatic heterocycles. The summed E-state index contributed by atoms with van der Waals surface area (Å²) in [6.45, 7) is 10.8. The average molecular weight is 342 g/mol. The number of aromatic nitrogens is 1. The second-order valence-corrected chi connectivity index (χ2v) is 8.75. The first-order chi connectivity index (χ1) is 10.5. The van der Waals surface area contributed by atoms with Crippen molar-refractivity contribution in [2.75, 3.05) is 38.6 Å². The fourth-order valence-electron chi connectivity index (χ4n) is 2.26. The van der Waals surface area contributed by atoms with Gasteiger partial charge in [0.05, 0.1) is 26.0 Å². The highest BCUT2D eigenvalue weighted by molar-refractivity contribution is 8.15. The molecule has 0 spiro atoms. The molecular formula is C15H23N3O2S2. The number of ether oxygens (including phenoxy) is 1. The zero-order valence-electron chi connectivity index (χ0n) is 13.4. The first-order valence-electron chi connectivity index (χ1n) is 7.65. The number of aliphatic imine (C=N–C) groups is 1. The summed E-state index contributed by atoms with van der Waals surface area (Å²) in [5, 5.41) is 2.45. The molecule has 122 valence electrons. The van der Waals surface area contributed by atoms with Gasteiger partial charge in [0.2, 0.25) is 0 Å². The van der Waals surface area contributed by atoms with E-state index in [1.165, 1.54) is 5.17 Å². The molecule has 1 fully saturated rings. The highest BCUT2D eigenvalue weighted by atomic mass is 32.2. The molecule has 0 aliphatic carbocycles. The van der Waals surface area contributed by atoms with Crippen LogP contribution in [0, 0.1) is 0 Å². The highest BCUT2D eigenvalue weighted by Crippen LogP contribution is 2.31. The number of rotatable bonds is 3. The molecule has 1 atom stereocenters. The van der Waals surface area contributed by atoms with E-state index in [0.29, 0.717) is 5.25 Å². The Morgan fingerprint density at radius 3 is 2.82 bits per heavy atom. The zero-order chi connectivity index (χ0) is 15.6. The van der Waals surface area contributed by atoms with Crippen molar-refractivity contribution >= 4 is 28.7 Å². The van der Waals surface area contributed by atoms with Gasteiger partial charge in [-0.15, -0.1) is 0 Å². The van der Waals surface area contributed by atoms with Crippen LogP contribution in [0.25, 0.3) is 0 Å². The fraction of sp³-hybridized carbons (Fsp3) is 0.733. The summed E-state index contributed by atoms with van der Waals surface area (Å²) in [6.07, 6.45) is 1.85. The standard InChI is InChI=1S/C15H23N3O2S2/c1-15(2,3)12-9-17-14(20-12)21-10-11-8-16-13(22-11)18-4-6-19-7-5-18/h9,11H,4-8,10H2,1-3H3/t11-/m1/s1.